The average molecular weight is 328 g/mol. The van der Waals surface area contributed by atoms with Gasteiger partial charge in [0, 0.05) is 37.2 Å². The van der Waals surface area contributed by atoms with E-state index in [2.05, 4.69) is 38.3 Å². The van der Waals surface area contributed by atoms with E-state index in [1.165, 1.54) is 5.56 Å². The number of piperazine rings is 1. The molecular formula is C13H18BrN3O2. The van der Waals surface area contributed by atoms with Crippen LogP contribution in [-0.2, 0) is 6.54 Å². The lowest BCUT2D eigenvalue weighted by Gasteiger charge is -2.32. The highest BCUT2D eigenvalue weighted by atomic mass is 79.9. The first-order valence-corrected chi connectivity index (χ1v) is 7.27. The Bertz CT molecular complexity index is 461. The van der Waals surface area contributed by atoms with Crippen molar-refractivity contribution in [2.24, 2.45) is 0 Å². The fourth-order valence-corrected chi connectivity index (χ4v) is 2.72. The van der Waals surface area contributed by atoms with Gasteiger partial charge in [-0.2, -0.15) is 0 Å². The molecule has 0 bridgehead atoms. The Kier molecular flexibility index (Phi) is 3.93. The van der Waals surface area contributed by atoms with Crippen molar-refractivity contribution in [3.63, 3.8) is 0 Å². The molecule has 0 radical (unpaired) electrons. The van der Waals surface area contributed by atoms with E-state index in [1.54, 1.807) is 0 Å². The molecule has 0 saturated carbocycles. The molecule has 1 fully saturated rings. The number of hydrogen-bond donors (Lipinski definition) is 1. The molecule has 2 heterocycles. The van der Waals surface area contributed by atoms with Gasteiger partial charge in [0.15, 0.2) is 11.5 Å². The lowest BCUT2D eigenvalue weighted by atomic mass is 10.2. The molecule has 1 saturated heterocycles. The maximum absolute atomic E-state index is 5.41. The lowest BCUT2D eigenvalue weighted by Crippen LogP contribution is -2.50. The van der Waals surface area contributed by atoms with Crippen LogP contribution in [0.3, 0.4) is 0 Å². The predicted octanol–water partition coefficient (Wildman–Crippen LogP) is 1.43. The normalized spacial score (nSPS) is 19.9. The van der Waals surface area contributed by atoms with Crippen LogP contribution in [0, 0.1) is 0 Å². The van der Waals surface area contributed by atoms with Crippen LogP contribution in [-0.4, -0.2) is 49.9 Å². The monoisotopic (exact) mass is 327 g/mol. The van der Waals surface area contributed by atoms with Gasteiger partial charge in [0.2, 0.25) is 6.79 Å². The van der Waals surface area contributed by atoms with E-state index < -0.39 is 0 Å². The highest BCUT2D eigenvalue weighted by Crippen LogP contribution is 2.36. The summed E-state index contributed by atoms with van der Waals surface area (Å²) in [6.07, 6.45) is 0. The predicted molar refractivity (Wildman–Crippen MR) is 76.2 cm³/mol. The molecule has 3 rings (SSSR count). The third kappa shape index (κ3) is 3.02. The summed E-state index contributed by atoms with van der Waals surface area (Å²) in [5.74, 6) is 1.65. The third-order valence-electron chi connectivity index (χ3n) is 3.54. The summed E-state index contributed by atoms with van der Waals surface area (Å²) in [6, 6.07) is 4.01. The fourth-order valence-electron chi connectivity index (χ4n) is 2.26. The van der Waals surface area contributed by atoms with Crippen molar-refractivity contribution in [1.82, 2.24) is 15.3 Å². The number of halogens is 1. The Morgan fingerprint density at radius 3 is 2.58 bits per heavy atom. The van der Waals surface area contributed by atoms with Gasteiger partial charge < -0.3 is 14.4 Å². The van der Waals surface area contributed by atoms with Crippen molar-refractivity contribution in [2.75, 3.05) is 40.0 Å². The summed E-state index contributed by atoms with van der Waals surface area (Å²) in [5, 5.41) is 2.27. The summed E-state index contributed by atoms with van der Waals surface area (Å²) in [6.45, 7) is 5.43. The molecular weight excluding hydrogens is 310 g/mol. The standard InChI is InChI=1S/C13H18BrN3O2/c1-16-2-4-17(5-3-16)15-8-10-6-12-13(7-11(10)14)19-9-18-12/h6-7,15H,2-5,8-9H2,1H3. The summed E-state index contributed by atoms with van der Waals surface area (Å²) in [4.78, 5) is 2.34. The average Bonchev–Trinajstić information content (AvgIpc) is 2.85. The van der Waals surface area contributed by atoms with Crippen LogP contribution in [0.2, 0.25) is 0 Å². The number of nitrogens with zero attached hydrogens (tertiary/aromatic N) is 2. The number of hydrazine groups is 1. The van der Waals surface area contributed by atoms with Crippen LogP contribution in [0.25, 0.3) is 0 Å². The topological polar surface area (TPSA) is 37.0 Å². The van der Waals surface area contributed by atoms with Crippen LogP contribution in [0.1, 0.15) is 5.56 Å². The summed E-state index contributed by atoms with van der Waals surface area (Å²) < 4.78 is 11.8. The van der Waals surface area contributed by atoms with E-state index in [0.29, 0.717) is 6.79 Å². The lowest BCUT2D eigenvalue weighted by molar-refractivity contribution is 0.102. The van der Waals surface area contributed by atoms with Crippen molar-refractivity contribution in [1.29, 1.82) is 0 Å². The Morgan fingerprint density at radius 2 is 1.84 bits per heavy atom. The first-order valence-electron chi connectivity index (χ1n) is 6.47. The summed E-state index contributed by atoms with van der Waals surface area (Å²) in [5.41, 5.74) is 4.65. The minimum atomic E-state index is 0.317. The number of fused-ring (bicyclic) bond motifs is 1. The smallest absolute Gasteiger partial charge is 0.231 e. The minimum absolute atomic E-state index is 0.317. The molecule has 0 amide bonds. The van der Waals surface area contributed by atoms with Crippen molar-refractivity contribution >= 4 is 15.9 Å². The van der Waals surface area contributed by atoms with Gasteiger partial charge in [-0.25, -0.2) is 5.01 Å². The Hall–Kier alpha value is -0.820. The first-order chi connectivity index (χ1) is 9.22. The Balaban J connectivity index is 1.61. The van der Waals surface area contributed by atoms with Gasteiger partial charge in [-0.1, -0.05) is 15.9 Å². The number of likely N-dealkylation sites (N-methyl/N-ethyl adjacent to an activating group) is 1. The molecule has 0 atom stereocenters. The van der Waals surface area contributed by atoms with Crippen LogP contribution < -0.4 is 14.9 Å². The zero-order valence-electron chi connectivity index (χ0n) is 11.0. The second-order valence-electron chi connectivity index (χ2n) is 4.92. The summed E-state index contributed by atoms with van der Waals surface area (Å²) >= 11 is 3.58. The molecule has 1 aromatic rings. The molecule has 5 nitrogen and oxygen atoms in total. The van der Waals surface area contributed by atoms with Crippen LogP contribution in [0.5, 0.6) is 11.5 Å². The zero-order chi connectivity index (χ0) is 13.2. The third-order valence-corrected chi connectivity index (χ3v) is 4.28. The second kappa shape index (κ2) is 5.66. The molecule has 1 N–H and O–H groups in total. The van der Waals surface area contributed by atoms with Gasteiger partial charge in [0.1, 0.15) is 0 Å². The highest BCUT2D eigenvalue weighted by molar-refractivity contribution is 9.10. The molecule has 2 aliphatic rings. The SMILES string of the molecule is CN1CCN(NCc2cc3c(cc2Br)OCO3)CC1. The van der Waals surface area contributed by atoms with E-state index in [4.69, 9.17) is 9.47 Å². The van der Waals surface area contributed by atoms with Gasteiger partial charge in [0.05, 0.1) is 0 Å². The van der Waals surface area contributed by atoms with Crippen molar-refractivity contribution < 1.29 is 9.47 Å². The van der Waals surface area contributed by atoms with Crippen molar-refractivity contribution in [2.45, 2.75) is 6.54 Å². The van der Waals surface area contributed by atoms with Crippen LogP contribution >= 0.6 is 15.9 Å². The van der Waals surface area contributed by atoms with Crippen molar-refractivity contribution in [3.8, 4) is 11.5 Å². The van der Waals surface area contributed by atoms with Crippen molar-refractivity contribution in [3.05, 3.63) is 22.2 Å². The number of nitrogens with one attached hydrogen (secondary N) is 1. The number of rotatable bonds is 3. The van der Waals surface area contributed by atoms with Gasteiger partial charge in [-0.3, -0.25) is 5.43 Å². The molecule has 1 aromatic carbocycles. The second-order valence-corrected chi connectivity index (χ2v) is 5.78. The Labute approximate surface area is 121 Å². The molecule has 19 heavy (non-hydrogen) atoms. The number of hydrogen-bond acceptors (Lipinski definition) is 5. The molecule has 0 spiro atoms. The van der Waals surface area contributed by atoms with Gasteiger partial charge in [-0.15, -0.1) is 0 Å². The van der Waals surface area contributed by atoms with Crippen LogP contribution in [0.4, 0.5) is 0 Å². The molecule has 0 unspecified atom stereocenters. The van der Waals surface area contributed by atoms with Gasteiger partial charge >= 0.3 is 0 Å². The molecule has 2 aliphatic heterocycles. The fraction of sp³-hybridized carbons (Fsp3) is 0.538. The molecule has 104 valence electrons. The molecule has 6 heteroatoms. The molecule has 0 aromatic heterocycles. The van der Waals surface area contributed by atoms with E-state index in [0.717, 1.165) is 48.7 Å². The van der Waals surface area contributed by atoms with E-state index in [9.17, 15) is 0 Å². The number of benzene rings is 1. The Morgan fingerprint density at radius 1 is 1.16 bits per heavy atom. The number of ether oxygens (including phenoxy) is 2. The van der Waals surface area contributed by atoms with E-state index in [1.807, 2.05) is 12.1 Å². The quantitative estimate of drug-likeness (QED) is 0.909. The van der Waals surface area contributed by atoms with Gasteiger partial charge in [-0.05, 0) is 24.7 Å². The van der Waals surface area contributed by atoms with E-state index >= 15 is 0 Å². The highest BCUT2D eigenvalue weighted by Gasteiger charge is 2.17. The summed E-state index contributed by atoms with van der Waals surface area (Å²) in [7, 11) is 2.16. The maximum atomic E-state index is 5.41. The largest absolute Gasteiger partial charge is 0.454 e. The zero-order valence-corrected chi connectivity index (χ0v) is 12.6. The maximum Gasteiger partial charge on any atom is 0.231 e. The van der Waals surface area contributed by atoms with Crippen LogP contribution in [0.15, 0.2) is 16.6 Å². The first kappa shape index (κ1) is 13.2. The van der Waals surface area contributed by atoms with E-state index in [-0.39, 0.29) is 0 Å². The molecule has 0 aliphatic carbocycles. The van der Waals surface area contributed by atoms with Gasteiger partial charge in [0.25, 0.3) is 0 Å². The minimum Gasteiger partial charge on any atom is -0.454 e.